The van der Waals surface area contributed by atoms with E-state index < -0.39 is 5.63 Å². The molecule has 0 aliphatic rings. The number of phenolic OH excluding ortho intramolecular Hbond substituents is 2. The Balaban J connectivity index is 2.24. The van der Waals surface area contributed by atoms with Gasteiger partial charge in [-0.1, -0.05) is 12.1 Å². The molecule has 2 N–H and O–H groups in total. The number of phenols is 2. The average molecular weight is 254 g/mol. The Kier molecular flexibility index (Phi) is 2.49. The first-order valence-corrected chi connectivity index (χ1v) is 5.70. The SMILES string of the molecule is O=c1oc2cc(O)ccc2cc1-c1ccc(O)cc1. The predicted molar refractivity (Wildman–Crippen MR) is 71.2 cm³/mol. The molecule has 0 spiro atoms. The molecule has 0 radical (unpaired) electrons. The van der Waals surface area contributed by atoms with Gasteiger partial charge in [-0.05, 0) is 35.9 Å². The Morgan fingerprint density at radius 2 is 1.53 bits per heavy atom. The zero-order valence-corrected chi connectivity index (χ0v) is 9.83. The average Bonchev–Trinajstić information content (AvgIpc) is 2.39. The van der Waals surface area contributed by atoms with Crippen LogP contribution in [0.1, 0.15) is 0 Å². The van der Waals surface area contributed by atoms with Gasteiger partial charge in [-0.25, -0.2) is 4.79 Å². The fourth-order valence-electron chi connectivity index (χ4n) is 1.94. The summed E-state index contributed by atoms with van der Waals surface area (Å²) in [5.74, 6) is 0.187. The first kappa shape index (κ1) is 11.3. The van der Waals surface area contributed by atoms with Crippen molar-refractivity contribution in [3.63, 3.8) is 0 Å². The highest BCUT2D eigenvalue weighted by Gasteiger charge is 2.08. The Morgan fingerprint density at radius 3 is 2.26 bits per heavy atom. The summed E-state index contributed by atoms with van der Waals surface area (Å²) < 4.78 is 5.18. The molecule has 19 heavy (non-hydrogen) atoms. The van der Waals surface area contributed by atoms with Crippen molar-refractivity contribution in [2.24, 2.45) is 0 Å². The van der Waals surface area contributed by atoms with Gasteiger partial charge in [0.25, 0.3) is 0 Å². The quantitative estimate of drug-likeness (QED) is 0.655. The second-order valence-corrected chi connectivity index (χ2v) is 4.22. The van der Waals surface area contributed by atoms with Crippen LogP contribution < -0.4 is 5.63 Å². The molecule has 0 bridgehead atoms. The molecule has 0 amide bonds. The van der Waals surface area contributed by atoms with Crippen LogP contribution in [0.15, 0.2) is 57.7 Å². The van der Waals surface area contributed by atoms with E-state index in [1.807, 2.05) is 0 Å². The van der Waals surface area contributed by atoms with Crippen LogP contribution in [-0.4, -0.2) is 10.2 Å². The molecule has 0 fully saturated rings. The number of fused-ring (bicyclic) bond motifs is 1. The molecule has 1 heterocycles. The summed E-state index contributed by atoms with van der Waals surface area (Å²) in [4.78, 5) is 11.9. The van der Waals surface area contributed by atoms with Gasteiger partial charge in [-0.3, -0.25) is 0 Å². The van der Waals surface area contributed by atoms with Crippen molar-refractivity contribution in [3.05, 3.63) is 59.0 Å². The predicted octanol–water partition coefficient (Wildman–Crippen LogP) is 2.87. The van der Waals surface area contributed by atoms with E-state index >= 15 is 0 Å². The smallest absolute Gasteiger partial charge is 0.344 e. The number of rotatable bonds is 1. The van der Waals surface area contributed by atoms with Crippen LogP contribution in [0.5, 0.6) is 11.5 Å². The van der Waals surface area contributed by atoms with Gasteiger partial charge < -0.3 is 14.6 Å². The van der Waals surface area contributed by atoms with E-state index in [2.05, 4.69) is 0 Å². The third-order valence-electron chi connectivity index (χ3n) is 2.90. The Labute approximate surface area is 108 Å². The first-order valence-electron chi connectivity index (χ1n) is 5.70. The second-order valence-electron chi connectivity index (χ2n) is 4.22. The maximum Gasteiger partial charge on any atom is 0.344 e. The van der Waals surface area contributed by atoms with Crippen LogP contribution in [-0.2, 0) is 0 Å². The maximum absolute atomic E-state index is 11.9. The van der Waals surface area contributed by atoms with E-state index in [0.29, 0.717) is 16.7 Å². The van der Waals surface area contributed by atoms with Crippen LogP contribution in [0.3, 0.4) is 0 Å². The summed E-state index contributed by atoms with van der Waals surface area (Å²) in [6.07, 6.45) is 0. The minimum atomic E-state index is -0.483. The highest BCUT2D eigenvalue weighted by atomic mass is 16.4. The standard InChI is InChI=1S/C15H10O4/c16-11-4-1-9(2-5-11)13-7-10-3-6-12(17)8-14(10)19-15(13)18/h1-8,16-17H. The minimum Gasteiger partial charge on any atom is -0.508 e. The molecule has 0 aliphatic carbocycles. The van der Waals surface area contributed by atoms with Crippen LogP contribution in [0.25, 0.3) is 22.1 Å². The van der Waals surface area contributed by atoms with Gasteiger partial charge in [0.05, 0.1) is 5.56 Å². The second kappa shape index (κ2) is 4.17. The first-order chi connectivity index (χ1) is 9.13. The fraction of sp³-hybridized carbons (Fsp3) is 0. The molecule has 3 rings (SSSR count). The largest absolute Gasteiger partial charge is 0.508 e. The summed E-state index contributed by atoms with van der Waals surface area (Å²) in [6.45, 7) is 0. The Bertz CT molecular complexity index is 800. The topological polar surface area (TPSA) is 70.7 Å². The Morgan fingerprint density at radius 1 is 0.842 bits per heavy atom. The summed E-state index contributed by atoms with van der Waals surface area (Å²) in [7, 11) is 0. The van der Waals surface area contributed by atoms with E-state index in [9.17, 15) is 15.0 Å². The summed E-state index contributed by atoms with van der Waals surface area (Å²) in [5.41, 5.74) is 0.941. The fourth-order valence-corrected chi connectivity index (χ4v) is 1.94. The molecule has 0 atom stereocenters. The van der Waals surface area contributed by atoms with Crippen LogP contribution in [0.4, 0.5) is 0 Å². The van der Waals surface area contributed by atoms with Gasteiger partial charge in [0, 0.05) is 11.5 Å². The van der Waals surface area contributed by atoms with Gasteiger partial charge in [0.1, 0.15) is 17.1 Å². The number of hydrogen-bond donors (Lipinski definition) is 2. The number of benzene rings is 2. The van der Waals surface area contributed by atoms with Gasteiger partial charge in [-0.2, -0.15) is 0 Å². The maximum atomic E-state index is 11.9. The van der Waals surface area contributed by atoms with Crippen molar-refractivity contribution in [1.82, 2.24) is 0 Å². The highest BCUT2D eigenvalue weighted by Crippen LogP contribution is 2.24. The van der Waals surface area contributed by atoms with E-state index in [1.165, 1.54) is 24.3 Å². The molecule has 2 aromatic carbocycles. The zero-order valence-electron chi connectivity index (χ0n) is 9.83. The van der Waals surface area contributed by atoms with E-state index in [-0.39, 0.29) is 11.5 Å². The molecule has 4 nitrogen and oxygen atoms in total. The molecule has 0 saturated carbocycles. The molecule has 0 aliphatic heterocycles. The molecule has 0 saturated heterocycles. The monoisotopic (exact) mass is 254 g/mol. The summed E-state index contributed by atoms with van der Waals surface area (Å²) in [5, 5.41) is 19.3. The number of aromatic hydroxyl groups is 2. The molecular formula is C15H10O4. The third-order valence-corrected chi connectivity index (χ3v) is 2.90. The van der Waals surface area contributed by atoms with Crippen molar-refractivity contribution >= 4 is 11.0 Å². The van der Waals surface area contributed by atoms with Crippen LogP contribution >= 0.6 is 0 Å². The molecule has 0 unspecified atom stereocenters. The van der Waals surface area contributed by atoms with E-state index in [0.717, 1.165) is 5.39 Å². The van der Waals surface area contributed by atoms with Crippen molar-refractivity contribution in [3.8, 4) is 22.6 Å². The third kappa shape index (κ3) is 2.04. The molecule has 1 aromatic heterocycles. The zero-order chi connectivity index (χ0) is 13.4. The lowest BCUT2D eigenvalue weighted by Crippen LogP contribution is -2.02. The highest BCUT2D eigenvalue weighted by molar-refractivity contribution is 5.82. The van der Waals surface area contributed by atoms with Crippen LogP contribution in [0, 0.1) is 0 Å². The van der Waals surface area contributed by atoms with Gasteiger partial charge in [0.2, 0.25) is 0 Å². The Hall–Kier alpha value is -2.75. The van der Waals surface area contributed by atoms with E-state index in [4.69, 9.17) is 4.42 Å². The van der Waals surface area contributed by atoms with Crippen molar-refractivity contribution in [1.29, 1.82) is 0 Å². The van der Waals surface area contributed by atoms with Crippen molar-refractivity contribution < 1.29 is 14.6 Å². The van der Waals surface area contributed by atoms with Gasteiger partial charge >= 0.3 is 5.63 Å². The minimum absolute atomic E-state index is 0.0491. The lowest BCUT2D eigenvalue weighted by Gasteiger charge is -2.03. The normalized spacial score (nSPS) is 10.7. The van der Waals surface area contributed by atoms with Gasteiger partial charge in [-0.15, -0.1) is 0 Å². The summed E-state index contributed by atoms with van der Waals surface area (Å²) in [6, 6.07) is 12.6. The lowest BCUT2D eigenvalue weighted by atomic mass is 10.1. The lowest BCUT2D eigenvalue weighted by molar-refractivity contribution is 0.473. The summed E-state index contributed by atoms with van der Waals surface area (Å²) >= 11 is 0. The van der Waals surface area contributed by atoms with E-state index in [1.54, 1.807) is 24.3 Å². The van der Waals surface area contributed by atoms with Crippen molar-refractivity contribution in [2.75, 3.05) is 0 Å². The van der Waals surface area contributed by atoms with Crippen molar-refractivity contribution in [2.45, 2.75) is 0 Å². The van der Waals surface area contributed by atoms with Gasteiger partial charge in [0.15, 0.2) is 0 Å². The number of hydrogen-bond acceptors (Lipinski definition) is 4. The van der Waals surface area contributed by atoms with Crippen LogP contribution in [0.2, 0.25) is 0 Å². The molecular weight excluding hydrogens is 244 g/mol. The molecule has 4 heteroatoms. The molecule has 94 valence electrons. The molecule has 3 aromatic rings.